The first-order valence-electron chi connectivity index (χ1n) is 4.70. The summed E-state index contributed by atoms with van der Waals surface area (Å²) in [6, 6.07) is 3.67. The van der Waals surface area contributed by atoms with E-state index in [2.05, 4.69) is 15.0 Å². The Bertz CT molecular complexity index is 516. The van der Waals surface area contributed by atoms with Crippen LogP contribution in [-0.2, 0) is 0 Å². The topological polar surface area (TPSA) is 47.9 Å². The van der Waals surface area contributed by atoms with Crippen LogP contribution in [0.5, 0.6) is 5.88 Å². The molecule has 0 aromatic carbocycles. The van der Waals surface area contributed by atoms with Crippen LogP contribution in [-0.4, -0.2) is 22.1 Å². The van der Waals surface area contributed by atoms with Crippen LogP contribution in [0.25, 0.3) is 11.3 Å². The molecule has 0 amide bonds. The van der Waals surface area contributed by atoms with Gasteiger partial charge in [0, 0.05) is 24.0 Å². The van der Waals surface area contributed by atoms with E-state index in [0.717, 1.165) is 16.8 Å². The maximum Gasteiger partial charge on any atom is 0.222 e. The monoisotopic (exact) mass is 235 g/mol. The zero-order chi connectivity index (χ0) is 11.5. The van der Waals surface area contributed by atoms with E-state index in [0.29, 0.717) is 5.88 Å². The van der Waals surface area contributed by atoms with Crippen LogP contribution >= 0.6 is 11.6 Å². The lowest BCUT2D eigenvalue weighted by Gasteiger charge is -2.05. The number of rotatable bonds is 2. The van der Waals surface area contributed by atoms with Gasteiger partial charge in [-0.05, 0) is 30.2 Å². The van der Waals surface area contributed by atoms with E-state index in [-0.39, 0.29) is 5.28 Å². The number of hydrogen-bond acceptors (Lipinski definition) is 4. The number of ether oxygens (including phenoxy) is 1. The Balaban J connectivity index is 2.53. The summed E-state index contributed by atoms with van der Waals surface area (Å²) in [5, 5.41) is 0.233. The molecule has 2 heterocycles. The molecule has 0 bridgehead atoms. The molecule has 0 saturated carbocycles. The van der Waals surface area contributed by atoms with Crippen molar-refractivity contribution in [3.63, 3.8) is 0 Å². The summed E-state index contributed by atoms with van der Waals surface area (Å²) in [5.74, 6) is 0.548. The predicted octanol–water partition coefficient (Wildman–Crippen LogP) is 2.51. The SMILES string of the molecule is COc1cc(-c2nc(Cl)ncc2C)ccn1. The molecule has 5 heteroatoms. The number of aromatic nitrogens is 3. The van der Waals surface area contributed by atoms with Gasteiger partial charge in [0.05, 0.1) is 12.8 Å². The van der Waals surface area contributed by atoms with Gasteiger partial charge in [-0.2, -0.15) is 0 Å². The maximum absolute atomic E-state index is 5.77. The van der Waals surface area contributed by atoms with Gasteiger partial charge < -0.3 is 4.74 Å². The average molecular weight is 236 g/mol. The van der Waals surface area contributed by atoms with E-state index in [9.17, 15) is 0 Å². The highest BCUT2D eigenvalue weighted by Crippen LogP contribution is 2.23. The van der Waals surface area contributed by atoms with Gasteiger partial charge in [-0.1, -0.05) is 0 Å². The van der Waals surface area contributed by atoms with Crippen LogP contribution in [0.4, 0.5) is 0 Å². The fourth-order valence-electron chi connectivity index (χ4n) is 1.38. The summed E-state index contributed by atoms with van der Waals surface area (Å²) < 4.78 is 5.06. The van der Waals surface area contributed by atoms with Crippen LogP contribution in [0, 0.1) is 6.92 Å². The number of methoxy groups -OCH3 is 1. The lowest BCUT2D eigenvalue weighted by atomic mass is 10.1. The van der Waals surface area contributed by atoms with Crippen molar-refractivity contribution >= 4 is 11.6 Å². The van der Waals surface area contributed by atoms with Crippen LogP contribution in [0.2, 0.25) is 5.28 Å². The maximum atomic E-state index is 5.77. The average Bonchev–Trinajstić information content (AvgIpc) is 2.32. The fourth-order valence-corrected chi connectivity index (χ4v) is 1.51. The largest absolute Gasteiger partial charge is 0.481 e. The summed E-state index contributed by atoms with van der Waals surface area (Å²) in [5.41, 5.74) is 2.66. The Hall–Kier alpha value is -1.68. The number of nitrogens with zero attached hydrogens (tertiary/aromatic N) is 3. The molecule has 82 valence electrons. The summed E-state index contributed by atoms with van der Waals surface area (Å²) >= 11 is 5.77. The molecular formula is C11H10ClN3O. The predicted molar refractivity (Wildman–Crippen MR) is 61.6 cm³/mol. The molecule has 0 saturated heterocycles. The van der Waals surface area contributed by atoms with Crippen molar-refractivity contribution in [3.05, 3.63) is 35.4 Å². The smallest absolute Gasteiger partial charge is 0.222 e. The van der Waals surface area contributed by atoms with E-state index < -0.39 is 0 Å². The van der Waals surface area contributed by atoms with Crippen molar-refractivity contribution in [2.24, 2.45) is 0 Å². The molecule has 2 rings (SSSR count). The summed E-state index contributed by atoms with van der Waals surface area (Å²) in [4.78, 5) is 12.1. The zero-order valence-electron chi connectivity index (χ0n) is 8.94. The van der Waals surface area contributed by atoms with Gasteiger partial charge in [-0.3, -0.25) is 0 Å². The van der Waals surface area contributed by atoms with Crippen molar-refractivity contribution in [3.8, 4) is 17.1 Å². The van der Waals surface area contributed by atoms with E-state index in [1.807, 2.05) is 19.1 Å². The van der Waals surface area contributed by atoms with Crippen molar-refractivity contribution in [2.75, 3.05) is 7.11 Å². The molecule has 0 unspecified atom stereocenters. The molecule has 0 spiro atoms. The van der Waals surface area contributed by atoms with Crippen molar-refractivity contribution < 1.29 is 4.74 Å². The normalized spacial score (nSPS) is 10.2. The van der Waals surface area contributed by atoms with Gasteiger partial charge in [0.25, 0.3) is 0 Å². The molecule has 0 atom stereocenters. The molecule has 4 nitrogen and oxygen atoms in total. The van der Waals surface area contributed by atoms with E-state index in [1.54, 1.807) is 19.5 Å². The molecule has 0 aliphatic rings. The number of halogens is 1. The molecule has 0 radical (unpaired) electrons. The van der Waals surface area contributed by atoms with Gasteiger partial charge in [0.2, 0.25) is 11.2 Å². The molecular weight excluding hydrogens is 226 g/mol. The van der Waals surface area contributed by atoms with Crippen molar-refractivity contribution in [2.45, 2.75) is 6.92 Å². The Morgan fingerprint density at radius 2 is 2.12 bits per heavy atom. The number of hydrogen-bond donors (Lipinski definition) is 0. The number of pyridine rings is 1. The Morgan fingerprint density at radius 1 is 1.31 bits per heavy atom. The zero-order valence-corrected chi connectivity index (χ0v) is 9.69. The van der Waals surface area contributed by atoms with Crippen molar-refractivity contribution in [1.82, 2.24) is 15.0 Å². The third kappa shape index (κ3) is 2.12. The van der Waals surface area contributed by atoms with E-state index in [4.69, 9.17) is 16.3 Å². The standard InChI is InChI=1S/C11H10ClN3O/c1-7-6-14-11(12)15-10(7)8-3-4-13-9(5-8)16-2/h3-6H,1-2H3. The summed E-state index contributed by atoms with van der Waals surface area (Å²) in [7, 11) is 1.58. The lowest BCUT2D eigenvalue weighted by molar-refractivity contribution is 0.398. The highest BCUT2D eigenvalue weighted by Gasteiger charge is 2.06. The Kier molecular flexibility index (Phi) is 3.01. The fraction of sp³-hybridized carbons (Fsp3) is 0.182. The van der Waals surface area contributed by atoms with Crippen LogP contribution in [0.15, 0.2) is 24.5 Å². The second-order valence-electron chi connectivity index (χ2n) is 3.26. The minimum Gasteiger partial charge on any atom is -0.481 e. The second kappa shape index (κ2) is 4.45. The van der Waals surface area contributed by atoms with Crippen LogP contribution < -0.4 is 4.74 Å². The first-order valence-corrected chi connectivity index (χ1v) is 5.08. The highest BCUT2D eigenvalue weighted by molar-refractivity contribution is 6.28. The van der Waals surface area contributed by atoms with Gasteiger partial charge in [-0.25, -0.2) is 15.0 Å². The second-order valence-corrected chi connectivity index (χ2v) is 3.60. The lowest BCUT2D eigenvalue weighted by Crippen LogP contribution is -1.93. The van der Waals surface area contributed by atoms with Gasteiger partial charge in [0.1, 0.15) is 0 Å². The molecule has 0 aliphatic heterocycles. The van der Waals surface area contributed by atoms with Crippen LogP contribution in [0.3, 0.4) is 0 Å². The third-order valence-corrected chi connectivity index (χ3v) is 2.34. The first-order chi connectivity index (χ1) is 7.70. The summed E-state index contributed by atoms with van der Waals surface area (Å²) in [6.45, 7) is 1.93. The quantitative estimate of drug-likeness (QED) is 0.751. The highest BCUT2D eigenvalue weighted by atomic mass is 35.5. The van der Waals surface area contributed by atoms with Gasteiger partial charge in [-0.15, -0.1) is 0 Å². The minimum atomic E-state index is 0.233. The summed E-state index contributed by atoms with van der Waals surface area (Å²) in [6.07, 6.45) is 3.36. The Labute approximate surface area is 98.3 Å². The van der Waals surface area contributed by atoms with Gasteiger partial charge in [0.15, 0.2) is 0 Å². The molecule has 2 aromatic heterocycles. The molecule has 2 aromatic rings. The minimum absolute atomic E-state index is 0.233. The molecule has 0 fully saturated rings. The molecule has 16 heavy (non-hydrogen) atoms. The molecule has 0 N–H and O–H groups in total. The van der Waals surface area contributed by atoms with Crippen LogP contribution in [0.1, 0.15) is 5.56 Å². The Morgan fingerprint density at radius 3 is 2.88 bits per heavy atom. The van der Waals surface area contributed by atoms with Gasteiger partial charge >= 0.3 is 0 Å². The third-order valence-electron chi connectivity index (χ3n) is 2.16. The number of aryl methyl sites for hydroxylation is 1. The molecule has 0 aliphatic carbocycles. The van der Waals surface area contributed by atoms with E-state index in [1.165, 1.54) is 0 Å². The van der Waals surface area contributed by atoms with Crippen molar-refractivity contribution in [1.29, 1.82) is 0 Å². The van der Waals surface area contributed by atoms with E-state index >= 15 is 0 Å². The first kappa shape index (κ1) is 10.8.